The van der Waals surface area contributed by atoms with Crippen molar-refractivity contribution < 1.29 is 0 Å². The molecule has 19 heavy (non-hydrogen) atoms. The molecule has 3 heteroatoms. The summed E-state index contributed by atoms with van der Waals surface area (Å²) >= 11 is 5.94. The number of aryl methyl sites for hydroxylation is 1. The van der Waals surface area contributed by atoms with Gasteiger partial charge in [0.2, 0.25) is 0 Å². The van der Waals surface area contributed by atoms with Crippen LogP contribution < -0.4 is 5.32 Å². The fourth-order valence-electron chi connectivity index (χ4n) is 2.64. The van der Waals surface area contributed by atoms with Gasteiger partial charge in [0, 0.05) is 19.8 Å². The summed E-state index contributed by atoms with van der Waals surface area (Å²) in [5.41, 5.74) is 4.24. The molecule has 0 aliphatic heterocycles. The van der Waals surface area contributed by atoms with Gasteiger partial charge in [0.1, 0.15) is 0 Å². The number of rotatable bonds is 2. The number of nitrogens with one attached hydrogen (secondary N) is 1. The Kier molecular flexibility index (Phi) is 4.12. The SMILES string of the molecule is Brc1ccc2c(c1)CCC(Nc1ccccc1I)C2. The van der Waals surface area contributed by atoms with E-state index in [1.807, 2.05) is 0 Å². The molecule has 0 fully saturated rings. The van der Waals surface area contributed by atoms with Crippen LogP contribution in [0.2, 0.25) is 0 Å². The van der Waals surface area contributed by atoms with Crippen molar-refractivity contribution in [3.05, 3.63) is 61.6 Å². The molecular formula is C16H15BrIN. The summed E-state index contributed by atoms with van der Waals surface area (Å²) in [4.78, 5) is 0. The molecule has 98 valence electrons. The van der Waals surface area contributed by atoms with E-state index in [1.54, 1.807) is 0 Å². The molecule has 0 heterocycles. The van der Waals surface area contributed by atoms with Crippen LogP contribution in [0.15, 0.2) is 46.9 Å². The van der Waals surface area contributed by atoms with Crippen LogP contribution in [0.5, 0.6) is 0 Å². The fourth-order valence-corrected chi connectivity index (χ4v) is 3.60. The molecule has 0 saturated heterocycles. The van der Waals surface area contributed by atoms with Gasteiger partial charge in [0.15, 0.2) is 0 Å². The van der Waals surface area contributed by atoms with E-state index in [0.717, 1.165) is 12.8 Å². The van der Waals surface area contributed by atoms with Crippen molar-refractivity contribution in [1.82, 2.24) is 0 Å². The van der Waals surface area contributed by atoms with Gasteiger partial charge in [-0.1, -0.05) is 34.1 Å². The van der Waals surface area contributed by atoms with Gasteiger partial charge >= 0.3 is 0 Å². The minimum absolute atomic E-state index is 0.546. The molecule has 1 aliphatic carbocycles. The molecule has 2 aromatic rings. The zero-order chi connectivity index (χ0) is 13.2. The monoisotopic (exact) mass is 427 g/mol. The zero-order valence-electron chi connectivity index (χ0n) is 10.5. The van der Waals surface area contributed by atoms with E-state index in [9.17, 15) is 0 Å². The maximum atomic E-state index is 3.69. The predicted molar refractivity (Wildman–Crippen MR) is 92.7 cm³/mol. The third kappa shape index (κ3) is 3.14. The first-order valence-corrected chi connectivity index (χ1v) is 8.38. The highest BCUT2D eigenvalue weighted by molar-refractivity contribution is 14.1. The van der Waals surface area contributed by atoms with E-state index in [0.29, 0.717) is 6.04 Å². The molecule has 3 rings (SSSR count). The van der Waals surface area contributed by atoms with Gasteiger partial charge in [-0.25, -0.2) is 0 Å². The average Bonchev–Trinajstić information content (AvgIpc) is 2.41. The Balaban J connectivity index is 1.76. The van der Waals surface area contributed by atoms with E-state index in [2.05, 4.69) is 86.3 Å². The minimum Gasteiger partial charge on any atom is -0.381 e. The average molecular weight is 428 g/mol. The van der Waals surface area contributed by atoms with Gasteiger partial charge in [-0.2, -0.15) is 0 Å². The highest BCUT2D eigenvalue weighted by atomic mass is 127. The lowest BCUT2D eigenvalue weighted by molar-refractivity contribution is 0.610. The van der Waals surface area contributed by atoms with Crippen LogP contribution in [0.4, 0.5) is 5.69 Å². The molecule has 1 unspecified atom stereocenters. The van der Waals surface area contributed by atoms with Crippen LogP contribution in [0.25, 0.3) is 0 Å². The number of para-hydroxylation sites is 1. The van der Waals surface area contributed by atoms with Crippen LogP contribution in [-0.2, 0) is 12.8 Å². The first kappa shape index (κ1) is 13.4. The van der Waals surface area contributed by atoms with Gasteiger partial charge in [0.25, 0.3) is 0 Å². The topological polar surface area (TPSA) is 12.0 Å². The quantitative estimate of drug-likeness (QED) is 0.663. The lowest BCUT2D eigenvalue weighted by atomic mass is 9.88. The molecule has 1 atom stereocenters. The van der Waals surface area contributed by atoms with Crippen molar-refractivity contribution in [3.8, 4) is 0 Å². The van der Waals surface area contributed by atoms with Gasteiger partial charge in [0.05, 0.1) is 0 Å². The largest absolute Gasteiger partial charge is 0.381 e. The van der Waals surface area contributed by atoms with Gasteiger partial charge in [-0.05, 0) is 77.2 Å². The van der Waals surface area contributed by atoms with E-state index in [4.69, 9.17) is 0 Å². The predicted octanol–water partition coefficient (Wildman–Crippen LogP) is 5.02. The molecule has 1 N–H and O–H groups in total. The Morgan fingerprint density at radius 3 is 2.79 bits per heavy atom. The standard InChI is InChI=1S/C16H15BrIN/c17-13-7-5-12-10-14(8-6-11(12)9-13)19-16-4-2-1-3-15(16)18/h1-5,7,9,14,19H,6,8,10H2. The van der Waals surface area contributed by atoms with E-state index < -0.39 is 0 Å². The lowest BCUT2D eigenvalue weighted by Gasteiger charge is -2.27. The summed E-state index contributed by atoms with van der Waals surface area (Å²) in [7, 11) is 0. The number of hydrogen-bond acceptors (Lipinski definition) is 1. The molecule has 0 aromatic heterocycles. The van der Waals surface area contributed by atoms with E-state index in [1.165, 1.54) is 31.3 Å². The molecule has 0 amide bonds. The Morgan fingerprint density at radius 1 is 1.11 bits per heavy atom. The molecule has 0 bridgehead atoms. The van der Waals surface area contributed by atoms with Crippen LogP contribution in [0.1, 0.15) is 17.5 Å². The smallest absolute Gasteiger partial charge is 0.0478 e. The van der Waals surface area contributed by atoms with Crippen LogP contribution in [0.3, 0.4) is 0 Å². The highest BCUT2D eigenvalue weighted by Gasteiger charge is 2.19. The number of benzene rings is 2. The Bertz CT molecular complexity index is 597. The molecular weight excluding hydrogens is 413 g/mol. The zero-order valence-corrected chi connectivity index (χ0v) is 14.2. The van der Waals surface area contributed by atoms with E-state index in [-0.39, 0.29) is 0 Å². The van der Waals surface area contributed by atoms with Gasteiger partial charge < -0.3 is 5.32 Å². The number of hydrogen-bond donors (Lipinski definition) is 1. The van der Waals surface area contributed by atoms with Crippen molar-refractivity contribution in [3.63, 3.8) is 0 Å². The van der Waals surface area contributed by atoms with Crippen molar-refractivity contribution in [1.29, 1.82) is 0 Å². The molecule has 2 aromatic carbocycles. The Morgan fingerprint density at radius 2 is 1.95 bits per heavy atom. The molecule has 1 aliphatic rings. The summed E-state index contributed by atoms with van der Waals surface area (Å²) in [5.74, 6) is 0. The van der Waals surface area contributed by atoms with Crippen molar-refractivity contribution in [2.45, 2.75) is 25.3 Å². The molecule has 0 radical (unpaired) electrons. The first-order valence-electron chi connectivity index (χ1n) is 6.51. The summed E-state index contributed by atoms with van der Waals surface area (Å²) in [6.07, 6.45) is 3.48. The van der Waals surface area contributed by atoms with Crippen LogP contribution >= 0.6 is 38.5 Å². The number of halogens is 2. The second-order valence-electron chi connectivity index (χ2n) is 4.98. The molecule has 0 spiro atoms. The summed E-state index contributed by atoms with van der Waals surface area (Å²) in [5, 5.41) is 3.69. The second kappa shape index (κ2) is 5.83. The van der Waals surface area contributed by atoms with Crippen LogP contribution in [-0.4, -0.2) is 6.04 Å². The third-order valence-electron chi connectivity index (χ3n) is 3.63. The summed E-state index contributed by atoms with van der Waals surface area (Å²) < 4.78 is 2.48. The Labute approximate surface area is 136 Å². The maximum absolute atomic E-state index is 3.69. The summed E-state index contributed by atoms with van der Waals surface area (Å²) in [6.45, 7) is 0. The minimum atomic E-state index is 0.546. The highest BCUT2D eigenvalue weighted by Crippen LogP contribution is 2.27. The van der Waals surface area contributed by atoms with Crippen molar-refractivity contribution in [2.24, 2.45) is 0 Å². The summed E-state index contributed by atoms with van der Waals surface area (Å²) in [6, 6.07) is 15.7. The number of fused-ring (bicyclic) bond motifs is 1. The normalized spacial score (nSPS) is 17.9. The third-order valence-corrected chi connectivity index (χ3v) is 5.06. The number of anilines is 1. The maximum Gasteiger partial charge on any atom is 0.0478 e. The molecule has 0 saturated carbocycles. The van der Waals surface area contributed by atoms with Gasteiger partial charge in [-0.15, -0.1) is 0 Å². The first-order chi connectivity index (χ1) is 9.22. The van der Waals surface area contributed by atoms with Crippen molar-refractivity contribution >= 4 is 44.2 Å². The fraction of sp³-hybridized carbons (Fsp3) is 0.250. The Hall–Kier alpha value is -0.550. The van der Waals surface area contributed by atoms with Crippen LogP contribution in [0, 0.1) is 3.57 Å². The van der Waals surface area contributed by atoms with Gasteiger partial charge in [-0.3, -0.25) is 0 Å². The molecule has 1 nitrogen and oxygen atoms in total. The second-order valence-corrected chi connectivity index (χ2v) is 7.05. The van der Waals surface area contributed by atoms with E-state index >= 15 is 0 Å². The van der Waals surface area contributed by atoms with Crippen molar-refractivity contribution in [2.75, 3.05) is 5.32 Å². The lowest BCUT2D eigenvalue weighted by Crippen LogP contribution is -2.27.